The number of nitrogens with zero attached hydrogens (tertiary/aromatic N) is 4. The number of aromatic nitrogens is 3. The van der Waals surface area contributed by atoms with Gasteiger partial charge < -0.3 is 15.5 Å². The number of nitrogens with one attached hydrogen (secondary N) is 2. The van der Waals surface area contributed by atoms with Crippen LogP contribution in [-0.2, 0) is 16.4 Å². The van der Waals surface area contributed by atoms with Crippen molar-refractivity contribution in [2.24, 2.45) is 5.14 Å². The summed E-state index contributed by atoms with van der Waals surface area (Å²) in [6.45, 7) is 2.41. The molecule has 0 unspecified atom stereocenters. The molecule has 10 heteroatoms. The third kappa shape index (κ3) is 6.90. The lowest BCUT2D eigenvalue weighted by molar-refractivity contribution is 0.405. The normalized spacial score (nSPS) is 11.5. The van der Waals surface area contributed by atoms with Crippen LogP contribution in [0, 0.1) is 0 Å². The van der Waals surface area contributed by atoms with E-state index in [0.29, 0.717) is 24.7 Å². The number of hydrogen-bond acceptors (Lipinski definition) is 8. The van der Waals surface area contributed by atoms with Gasteiger partial charge in [0.1, 0.15) is 0 Å². The molecule has 9 nitrogen and oxygen atoms in total. The summed E-state index contributed by atoms with van der Waals surface area (Å²) >= 11 is 0. The zero-order valence-electron chi connectivity index (χ0n) is 15.0. The fraction of sp³-hybridized carbons (Fsp3) is 0.438. The Morgan fingerprint density at radius 1 is 1.12 bits per heavy atom. The van der Waals surface area contributed by atoms with Crippen molar-refractivity contribution in [1.82, 2.24) is 20.1 Å². The summed E-state index contributed by atoms with van der Waals surface area (Å²) in [7, 11) is 0.421. The van der Waals surface area contributed by atoms with Crippen molar-refractivity contribution in [3.8, 4) is 0 Å². The van der Waals surface area contributed by atoms with Gasteiger partial charge in [-0.1, -0.05) is 12.1 Å². The Kier molecular flexibility index (Phi) is 7.25. The molecule has 2 rings (SSSR count). The highest BCUT2D eigenvalue weighted by Gasteiger charge is 2.06. The second-order valence-corrected chi connectivity index (χ2v) is 7.68. The van der Waals surface area contributed by atoms with Crippen LogP contribution in [0.1, 0.15) is 12.0 Å². The molecular formula is C16H25N7O2S. The Hall–Kier alpha value is -2.30. The average Bonchev–Trinajstić information content (AvgIpc) is 2.59. The summed E-state index contributed by atoms with van der Waals surface area (Å²) < 4.78 is 22.5. The van der Waals surface area contributed by atoms with E-state index in [1.807, 2.05) is 14.1 Å². The van der Waals surface area contributed by atoms with Crippen molar-refractivity contribution in [2.75, 3.05) is 44.4 Å². The molecule has 26 heavy (non-hydrogen) atoms. The molecule has 0 amide bonds. The fourth-order valence-electron chi connectivity index (χ4n) is 2.24. The number of rotatable bonds is 10. The minimum Gasteiger partial charge on any atom is -0.369 e. The Morgan fingerprint density at radius 2 is 1.85 bits per heavy atom. The van der Waals surface area contributed by atoms with Gasteiger partial charge in [-0.2, -0.15) is 10.1 Å². The van der Waals surface area contributed by atoms with E-state index in [2.05, 4.69) is 30.7 Å². The van der Waals surface area contributed by atoms with E-state index in [1.54, 1.807) is 18.3 Å². The van der Waals surface area contributed by atoms with E-state index in [9.17, 15) is 8.42 Å². The Bertz CT molecular complexity index is 795. The van der Waals surface area contributed by atoms with Gasteiger partial charge in [0.25, 0.3) is 0 Å². The lowest BCUT2D eigenvalue weighted by Crippen LogP contribution is -2.17. The standard InChI is InChI=1S/C16H25N7O2S/c1-23(2)11-3-9-18-15-12-20-22-16(21-15)19-10-8-13-4-6-14(7-5-13)26(17,24)25/h4-7,12H,3,8-11H2,1-2H3,(H2,17,24,25)(H2,18,19,21,22). The third-order valence-electron chi connectivity index (χ3n) is 3.60. The summed E-state index contributed by atoms with van der Waals surface area (Å²) in [4.78, 5) is 6.60. The number of nitrogens with two attached hydrogens (primary N) is 1. The first-order chi connectivity index (χ1) is 12.3. The van der Waals surface area contributed by atoms with Gasteiger partial charge in [-0.25, -0.2) is 13.6 Å². The van der Waals surface area contributed by atoms with Crippen LogP contribution in [-0.4, -0.2) is 62.2 Å². The molecule has 1 heterocycles. The van der Waals surface area contributed by atoms with Gasteiger partial charge in [-0.3, -0.25) is 0 Å². The zero-order valence-corrected chi connectivity index (χ0v) is 15.8. The largest absolute Gasteiger partial charge is 0.369 e. The number of primary sulfonamides is 1. The second kappa shape index (κ2) is 9.41. The molecule has 0 saturated carbocycles. The molecule has 0 bridgehead atoms. The minimum atomic E-state index is -3.66. The third-order valence-corrected chi connectivity index (χ3v) is 4.52. The lowest BCUT2D eigenvalue weighted by Gasteiger charge is -2.10. The van der Waals surface area contributed by atoms with Gasteiger partial charge in [0.2, 0.25) is 16.0 Å². The fourth-order valence-corrected chi connectivity index (χ4v) is 2.76. The first kappa shape index (κ1) is 20.0. The van der Waals surface area contributed by atoms with Gasteiger partial charge in [-0.05, 0) is 51.2 Å². The SMILES string of the molecule is CN(C)CCCNc1cnnc(NCCc2ccc(S(N)(=O)=O)cc2)n1. The van der Waals surface area contributed by atoms with Gasteiger partial charge in [0.15, 0.2) is 5.82 Å². The molecular weight excluding hydrogens is 354 g/mol. The minimum absolute atomic E-state index is 0.106. The highest BCUT2D eigenvalue weighted by Crippen LogP contribution is 2.10. The van der Waals surface area contributed by atoms with E-state index in [4.69, 9.17) is 5.14 Å². The summed E-state index contributed by atoms with van der Waals surface area (Å²) in [5.74, 6) is 1.13. The van der Waals surface area contributed by atoms with Crippen LogP contribution in [0.3, 0.4) is 0 Å². The highest BCUT2D eigenvalue weighted by molar-refractivity contribution is 7.89. The maximum Gasteiger partial charge on any atom is 0.244 e. The maximum absolute atomic E-state index is 11.2. The molecule has 1 aromatic heterocycles. The smallest absolute Gasteiger partial charge is 0.244 e. The van der Waals surface area contributed by atoms with E-state index in [-0.39, 0.29) is 4.90 Å². The predicted molar refractivity (Wildman–Crippen MR) is 101 cm³/mol. The van der Waals surface area contributed by atoms with Crippen LogP contribution in [0.2, 0.25) is 0 Å². The van der Waals surface area contributed by atoms with Crippen molar-refractivity contribution < 1.29 is 8.42 Å². The molecule has 1 aromatic carbocycles. The molecule has 142 valence electrons. The molecule has 0 aliphatic carbocycles. The van der Waals surface area contributed by atoms with Crippen LogP contribution >= 0.6 is 0 Å². The van der Waals surface area contributed by atoms with E-state index < -0.39 is 10.0 Å². The molecule has 0 aliphatic heterocycles. The van der Waals surface area contributed by atoms with Gasteiger partial charge in [0, 0.05) is 13.1 Å². The molecule has 0 radical (unpaired) electrons. The second-order valence-electron chi connectivity index (χ2n) is 6.11. The van der Waals surface area contributed by atoms with E-state index in [1.165, 1.54) is 12.1 Å². The van der Waals surface area contributed by atoms with Crippen LogP contribution in [0.5, 0.6) is 0 Å². The van der Waals surface area contributed by atoms with Crippen molar-refractivity contribution in [3.05, 3.63) is 36.0 Å². The molecule has 2 aromatic rings. The molecule has 0 fully saturated rings. The van der Waals surface area contributed by atoms with Gasteiger partial charge in [-0.15, -0.1) is 5.10 Å². The number of anilines is 2. The Morgan fingerprint density at radius 3 is 2.50 bits per heavy atom. The monoisotopic (exact) mass is 379 g/mol. The van der Waals surface area contributed by atoms with Crippen LogP contribution in [0.4, 0.5) is 11.8 Å². The molecule has 0 atom stereocenters. The highest BCUT2D eigenvalue weighted by atomic mass is 32.2. The van der Waals surface area contributed by atoms with Gasteiger partial charge in [0.05, 0.1) is 11.1 Å². The predicted octanol–water partition coefficient (Wildman–Crippen LogP) is 0.537. The van der Waals surface area contributed by atoms with Crippen molar-refractivity contribution in [3.63, 3.8) is 0 Å². The molecule has 4 N–H and O–H groups in total. The van der Waals surface area contributed by atoms with Crippen molar-refractivity contribution in [2.45, 2.75) is 17.7 Å². The summed E-state index contributed by atoms with van der Waals surface area (Å²) in [5, 5.41) is 19.3. The number of hydrogen-bond donors (Lipinski definition) is 3. The molecule has 0 saturated heterocycles. The Balaban J connectivity index is 1.79. The first-order valence-corrected chi connectivity index (χ1v) is 9.83. The average molecular weight is 379 g/mol. The quantitative estimate of drug-likeness (QED) is 0.511. The van der Waals surface area contributed by atoms with Crippen LogP contribution < -0.4 is 15.8 Å². The summed E-state index contributed by atoms with van der Waals surface area (Å²) in [5.41, 5.74) is 0.982. The zero-order chi connectivity index (χ0) is 19.0. The molecule has 0 aliphatic rings. The van der Waals surface area contributed by atoms with E-state index in [0.717, 1.165) is 25.1 Å². The van der Waals surface area contributed by atoms with E-state index >= 15 is 0 Å². The van der Waals surface area contributed by atoms with Crippen molar-refractivity contribution >= 4 is 21.8 Å². The topological polar surface area (TPSA) is 126 Å². The van der Waals surface area contributed by atoms with Gasteiger partial charge >= 0.3 is 0 Å². The van der Waals surface area contributed by atoms with Crippen LogP contribution in [0.15, 0.2) is 35.4 Å². The summed E-state index contributed by atoms with van der Waals surface area (Å²) in [6.07, 6.45) is 3.29. The molecule has 0 spiro atoms. The Labute approximate surface area is 154 Å². The van der Waals surface area contributed by atoms with Crippen molar-refractivity contribution in [1.29, 1.82) is 0 Å². The number of benzene rings is 1. The summed E-state index contributed by atoms with van der Waals surface area (Å²) in [6, 6.07) is 6.48. The maximum atomic E-state index is 11.2. The lowest BCUT2D eigenvalue weighted by atomic mass is 10.1. The van der Waals surface area contributed by atoms with Crippen LogP contribution in [0.25, 0.3) is 0 Å². The first-order valence-electron chi connectivity index (χ1n) is 8.28. The number of sulfonamides is 1.